The first kappa shape index (κ1) is 6.92. The van der Waals surface area contributed by atoms with Gasteiger partial charge in [-0.25, -0.2) is 0 Å². The van der Waals surface area contributed by atoms with Crippen LogP contribution in [0.15, 0.2) is 5.38 Å². The molecule has 9 heavy (non-hydrogen) atoms. The summed E-state index contributed by atoms with van der Waals surface area (Å²) in [4.78, 5) is 13.0. The molecule has 2 nitrogen and oxygen atoms in total. The van der Waals surface area contributed by atoms with Gasteiger partial charge in [-0.3, -0.25) is 4.79 Å². The number of nitrogens with one attached hydrogen (secondary N) is 1. The zero-order chi connectivity index (χ0) is 6.85. The third-order valence-corrected chi connectivity index (χ3v) is 2.00. The fraction of sp³-hybridized carbons (Fsp3) is 0. The number of carbonyl (C=O) groups is 1. The highest BCUT2D eigenvalue weighted by atomic mass is 35.5. The first-order valence-electron chi connectivity index (χ1n) is 2.08. The number of aromatic nitrogens is 1. The van der Waals surface area contributed by atoms with Gasteiger partial charge in [0.2, 0.25) is 0 Å². The van der Waals surface area contributed by atoms with E-state index in [1.54, 1.807) is 5.38 Å². The van der Waals surface area contributed by atoms with Crippen molar-refractivity contribution < 1.29 is 4.79 Å². The number of rotatable bonds is 1. The SMILES string of the molecule is O=C(Cl)c1csc(=S)[nH]1. The Labute approximate surface area is 65.5 Å². The second kappa shape index (κ2) is 2.60. The maximum absolute atomic E-state index is 10.4. The lowest BCUT2D eigenvalue weighted by Gasteiger charge is -1.78. The minimum atomic E-state index is -0.498. The van der Waals surface area contributed by atoms with E-state index in [-0.39, 0.29) is 0 Å². The number of hydrogen-bond acceptors (Lipinski definition) is 3. The molecule has 0 aliphatic rings. The normalized spacial score (nSPS) is 9.44. The van der Waals surface area contributed by atoms with Gasteiger partial charge in [0.25, 0.3) is 5.24 Å². The average Bonchev–Trinajstić information content (AvgIpc) is 2.14. The molecule has 1 heterocycles. The van der Waals surface area contributed by atoms with Gasteiger partial charge in [-0.15, -0.1) is 11.3 Å². The fourth-order valence-electron chi connectivity index (χ4n) is 0.377. The molecule has 5 heteroatoms. The molecule has 0 bridgehead atoms. The van der Waals surface area contributed by atoms with Crippen LogP contribution in [0.3, 0.4) is 0 Å². The summed E-state index contributed by atoms with van der Waals surface area (Å²) in [6.45, 7) is 0. The van der Waals surface area contributed by atoms with Crippen LogP contribution in [0, 0.1) is 3.95 Å². The molecule has 0 spiro atoms. The molecule has 1 aromatic rings. The monoisotopic (exact) mass is 179 g/mol. The predicted octanol–water partition coefficient (Wildman–Crippen LogP) is 2.18. The van der Waals surface area contributed by atoms with Crippen LogP contribution in [0.5, 0.6) is 0 Å². The summed E-state index contributed by atoms with van der Waals surface area (Å²) in [7, 11) is 0. The Bertz CT molecular complexity index is 276. The van der Waals surface area contributed by atoms with E-state index in [1.165, 1.54) is 11.3 Å². The van der Waals surface area contributed by atoms with E-state index in [1.807, 2.05) is 0 Å². The van der Waals surface area contributed by atoms with Crippen molar-refractivity contribution in [3.63, 3.8) is 0 Å². The number of hydrogen-bond donors (Lipinski definition) is 1. The molecule has 0 aliphatic heterocycles. The standard InChI is InChI=1S/C4H2ClNOS2/c5-3(7)2-1-9-4(8)6-2/h1H,(H,6,8). The summed E-state index contributed by atoms with van der Waals surface area (Å²) in [5.74, 6) is 0. The van der Waals surface area contributed by atoms with Crippen LogP contribution < -0.4 is 0 Å². The van der Waals surface area contributed by atoms with E-state index < -0.39 is 5.24 Å². The Balaban J connectivity index is 3.12. The zero-order valence-electron chi connectivity index (χ0n) is 4.18. The molecule has 0 saturated heterocycles. The van der Waals surface area contributed by atoms with Crippen molar-refractivity contribution >= 4 is 40.4 Å². The maximum Gasteiger partial charge on any atom is 0.269 e. The van der Waals surface area contributed by atoms with Crippen LogP contribution in [0.4, 0.5) is 0 Å². The lowest BCUT2D eigenvalue weighted by atomic mass is 10.6. The largest absolute Gasteiger partial charge is 0.333 e. The van der Waals surface area contributed by atoms with Gasteiger partial charge in [0, 0.05) is 5.38 Å². The molecule has 1 N–H and O–H groups in total. The van der Waals surface area contributed by atoms with Gasteiger partial charge in [0.05, 0.1) is 0 Å². The highest BCUT2D eigenvalue weighted by Gasteiger charge is 2.00. The van der Waals surface area contributed by atoms with E-state index in [9.17, 15) is 4.79 Å². The minimum Gasteiger partial charge on any atom is -0.333 e. The zero-order valence-corrected chi connectivity index (χ0v) is 6.57. The Morgan fingerprint density at radius 3 is 2.78 bits per heavy atom. The highest BCUT2D eigenvalue weighted by molar-refractivity contribution is 7.73. The molecule has 0 fully saturated rings. The lowest BCUT2D eigenvalue weighted by molar-refractivity contribution is 0.107. The molecular formula is C4H2ClNOS2. The van der Waals surface area contributed by atoms with Crippen molar-refractivity contribution in [2.24, 2.45) is 0 Å². The van der Waals surface area contributed by atoms with Crippen molar-refractivity contribution in [2.45, 2.75) is 0 Å². The lowest BCUT2D eigenvalue weighted by Crippen LogP contribution is -1.85. The molecule has 0 unspecified atom stereocenters. The average molecular weight is 180 g/mol. The third-order valence-electron chi connectivity index (χ3n) is 0.732. The predicted molar refractivity (Wildman–Crippen MR) is 39.7 cm³/mol. The maximum atomic E-state index is 10.4. The van der Waals surface area contributed by atoms with Crippen LogP contribution in [0.2, 0.25) is 0 Å². The fourth-order valence-corrected chi connectivity index (χ4v) is 1.36. The summed E-state index contributed by atoms with van der Waals surface area (Å²) in [6.07, 6.45) is 0. The van der Waals surface area contributed by atoms with Crippen molar-refractivity contribution in [3.05, 3.63) is 15.0 Å². The van der Waals surface area contributed by atoms with E-state index in [0.29, 0.717) is 9.65 Å². The number of thiazole rings is 1. The number of H-pyrrole nitrogens is 1. The molecule has 0 aliphatic carbocycles. The quantitative estimate of drug-likeness (QED) is 0.530. The van der Waals surface area contributed by atoms with Crippen molar-refractivity contribution in [1.82, 2.24) is 4.98 Å². The van der Waals surface area contributed by atoms with Gasteiger partial charge in [0.1, 0.15) is 5.69 Å². The van der Waals surface area contributed by atoms with Gasteiger partial charge < -0.3 is 4.98 Å². The summed E-state index contributed by atoms with van der Waals surface area (Å²) >= 11 is 11.1. The Morgan fingerprint density at radius 2 is 2.56 bits per heavy atom. The van der Waals surface area contributed by atoms with Crippen molar-refractivity contribution in [3.8, 4) is 0 Å². The van der Waals surface area contributed by atoms with Gasteiger partial charge in [0.15, 0.2) is 3.95 Å². The molecule has 0 radical (unpaired) electrons. The highest BCUT2D eigenvalue weighted by Crippen LogP contribution is 2.06. The first-order valence-corrected chi connectivity index (χ1v) is 3.74. The van der Waals surface area contributed by atoms with E-state index in [4.69, 9.17) is 23.8 Å². The van der Waals surface area contributed by atoms with Gasteiger partial charge in [-0.2, -0.15) is 0 Å². The number of halogens is 1. The van der Waals surface area contributed by atoms with Crippen molar-refractivity contribution in [1.29, 1.82) is 0 Å². The molecule has 1 rings (SSSR count). The Hall–Kier alpha value is -0.190. The first-order chi connectivity index (χ1) is 4.20. The summed E-state index contributed by atoms with van der Waals surface area (Å²) < 4.78 is 0.569. The van der Waals surface area contributed by atoms with Crippen LogP contribution in [-0.4, -0.2) is 10.2 Å². The summed E-state index contributed by atoms with van der Waals surface area (Å²) in [5, 5.41) is 1.10. The third kappa shape index (κ3) is 1.61. The second-order valence-electron chi connectivity index (χ2n) is 1.34. The molecule has 0 amide bonds. The molecule has 1 aromatic heterocycles. The molecule has 48 valence electrons. The summed E-state index contributed by atoms with van der Waals surface area (Å²) in [6, 6.07) is 0. The van der Waals surface area contributed by atoms with Gasteiger partial charge in [-0.1, -0.05) is 0 Å². The summed E-state index contributed by atoms with van der Waals surface area (Å²) in [5.41, 5.74) is 0.367. The Morgan fingerprint density at radius 1 is 1.89 bits per heavy atom. The molecule has 0 saturated carbocycles. The molecular weight excluding hydrogens is 178 g/mol. The van der Waals surface area contributed by atoms with Crippen LogP contribution in [0.25, 0.3) is 0 Å². The second-order valence-corrected chi connectivity index (χ2v) is 3.23. The minimum absolute atomic E-state index is 0.367. The Kier molecular flexibility index (Phi) is 2.00. The van der Waals surface area contributed by atoms with Gasteiger partial charge >= 0.3 is 0 Å². The number of aromatic amines is 1. The topological polar surface area (TPSA) is 32.9 Å². The smallest absolute Gasteiger partial charge is 0.269 e. The molecule has 0 aromatic carbocycles. The molecule has 0 atom stereocenters. The number of carbonyl (C=O) groups excluding carboxylic acids is 1. The van der Waals surface area contributed by atoms with Crippen molar-refractivity contribution in [2.75, 3.05) is 0 Å². The van der Waals surface area contributed by atoms with Gasteiger partial charge in [-0.05, 0) is 23.8 Å². The van der Waals surface area contributed by atoms with E-state index in [0.717, 1.165) is 0 Å². The van der Waals surface area contributed by atoms with E-state index >= 15 is 0 Å². The van der Waals surface area contributed by atoms with Crippen LogP contribution >= 0.6 is 35.2 Å². The van der Waals surface area contributed by atoms with Crippen LogP contribution in [-0.2, 0) is 0 Å². The van der Waals surface area contributed by atoms with E-state index in [2.05, 4.69) is 4.98 Å². The van der Waals surface area contributed by atoms with Crippen LogP contribution in [0.1, 0.15) is 10.5 Å².